The summed E-state index contributed by atoms with van der Waals surface area (Å²) in [4.78, 5) is 23.6. The van der Waals surface area contributed by atoms with Crippen LogP contribution in [0.25, 0.3) is 0 Å². The van der Waals surface area contributed by atoms with Gasteiger partial charge in [-0.3, -0.25) is 9.59 Å². The lowest BCUT2D eigenvalue weighted by Crippen LogP contribution is -2.15. The van der Waals surface area contributed by atoms with Crippen LogP contribution in [0.1, 0.15) is 33.3 Å². The van der Waals surface area contributed by atoms with Crippen LogP contribution in [0.5, 0.6) is 0 Å². The molecule has 1 heterocycles. The molecule has 0 aliphatic heterocycles. The fourth-order valence-corrected chi connectivity index (χ4v) is 2.04. The van der Waals surface area contributed by atoms with E-state index in [1.807, 2.05) is 6.07 Å². The molecule has 21 heavy (non-hydrogen) atoms. The molecule has 0 saturated carbocycles. The molecule has 0 saturated heterocycles. The van der Waals surface area contributed by atoms with Crippen LogP contribution in [-0.4, -0.2) is 16.3 Å². The molecule has 0 fully saturated rings. The molecule has 0 radical (unpaired) electrons. The van der Waals surface area contributed by atoms with Crippen molar-refractivity contribution in [3.8, 4) is 6.07 Å². The highest BCUT2D eigenvalue weighted by Crippen LogP contribution is 2.24. The van der Waals surface area contributed by atoms with Gasteiger partial charge in [0, 0.05) is 18.8 Å². The number of carbonyl (C=O) groups is 2. The number of aromatic nitrogens is 1. The maximum atomic E-state index is 12.2. The van der Waals surface area contributed by atoms with E-state index in [9.17, 15) is 9.59 Å². The molecule has 0 bridgehead atoms. The average Bonchev–Trinajstić information content (AvgIpc) is 2.82. The van der Waals surface area contributed by atoms with E-state index in [-0.39, 0.29) is 5.78 Å². The van der Waals surface area contributed by atoms with Crippen molar-refractivity contribution in [2.24, 2.45) is 7.05 Å². The van der Waals surface area contributed by atoms with E-state index in [1.165, 1.54) is 19.1 Å². The van der Waals surface area contributed by atoms with E-state index in [0.29, 0.717) is 27.5 Å². The van der Waals surface area contributed by atoms with Crippen LogP contribution >= 0.6 is 11.6 Å². The first-order chi connectivity index (χ1) is 9.92. The zero-order chi connectivity index (χ0) is 15.6. The summed E-state index contributed by atoms with van der Waals surface area (Å²) in [6, 6.07) is 8.13. The third-order valence-electron chi connectivity index (χ3n) is 2.99. The number of aryl methyl sites for hydroxylation is 1. The minimum absolute atomic E-state index is 0.118. The van der Waals surface area contributed by atoms with Crippen molar-refractivity contribution >= 4 is 29.0 Å². The van der Waals surface area contributed by atoms with Crippen LogP contribution in [0.3, 0.4) is 0 Å². The zero-order valence-corrected chi connectivity index (χ0v) is 12.2. The number of nitrogens with one attached hydrogen (secondary N) is 1. The summed E-state index contributed by atoms with van der Waals surface area (Å²) in [7, 11) is 1.67. The Bertz CT molecular complexity index is 772. The number of amides is 1. The topological polar surface area (TPSA) is 74.9 Å². The van der Waals surface area contributed by atoms with E-state index >= 15 is 0 Å². The number of carbonyl (C=O) groups excluding carboxylic acids is 2. The summed E-state index contributed by atoms with van der Waals surface area (Å²) < 4.78 is 1.55. The Morgan fingerprint density at radius 2 is 2.05 bits per heavy atom. The molecule has 2 aromatic rings. The third-order valence-corrected chi connectivity index (χ3v) is 3.32. The van der Waals surface area contributed by atoms with Gasteiger partial charge in [-0.05, 0) is 31.2 Å². The van der Waals surface area contributed by atoms with E-state index < -0.39 is 5.91 Å². The number of nitriles is 1. The Balaban J connectivity index is 2.31. The quantitative estimate of drug-likeness (QED) is 0.885. The standard InChI is InChI=1S/C15H12ClN3O2/c1-9(20)11-3-4-12(16)13(6-11)18-15(21)14-5-10(7-17)8-19(14)2/h3-6,8H,1-2H3,(H,18,21). The van der Waals surface area contributed by atoms with Crippen molar-refractivity contribution < 1.29 is 9.59 Å². The first-order valence-corrected chi connectivity index (χ1v) is 6.48. The predicted octanol–water partition coefficient (Wildman–Crippen LogP) is 3.01. The van der Waals surface area contributed by atoms with E-state index in [0.717, 1.165) is 0 Å². The molecule has 0 atom stereocenters. The lowest BCUT2D eigenvalue weighted by molar-refractivity contribution is 0.100. The van der Waals surface area contributed by atoms with Crippen molar-refractivity contribution in [3.05, 3.63) is 52.3 Å². The Morgan fingerprint density at radius 1 is 1.33 bits per heavy atom. The molecular weight excluding hydrogens is 290 g/mol. The van der Waals surface area contributed by atoms with Gasteiger partial charge in [-0.2, -0.15) is 5.26 Å². The molecule has 1 aromatic heterocycles. The van der Waals surface area contributed by atoms with Gasteiger partial charge in [-0.15, -0.1) is 0 Å². The lowest BCUT2D eigenvalue weighted by atomic mass is 10.1. The van der Waals surface area contributed by atoms with E-state index in [2.05, 4.69) is 5.32 Å². The van der Waals surface area contributed by atoms with Gasteiger partial charge in [0.25, 0.3) is 5.91 Å². The number of hydrogen-bond acceptors (Lipinski definition) is 3. The van der Waals surface area contributed by atoms with Crippen molar-refractivity contribution in [1.29, 1.82) is 5.26 Å². The number of halogens is 1. The molecule has 1 aromatic carbocycles. The maximum Gasteiger partial charge on any atom is 0.272 e. The van der Waals surface area contributed by atoms with Gasteiger partial charge in [0.2, 0.25) is 0 Å². The largest absolute Gasteiger partial charge is 0.345 e. The van der Waals surface area contributed by atoms with Crippen molar-refractivity contribution in [2.75, 3.05) is 5.32 Å². The van der Waals surface area contributed by atoms with Gasteiger partial charge in [0.05, 0.1) is 16.3 Å². The van der Waals surface area contributed by atoms with Crippen LogP contribution in [0.4, 0.5) is 5.69 Å². The van der Waals surface area contributed by atoms with Gasteiger partial charge < -0.3 is 9.88 Å². The molecule has 106 valence electrons. The molecule has 2 rings (SSSR count). The molecule has 0 aliphatic carbocycles. The molecule has 6 heteroatoms. The van der Waals surface area contributed by atoms with E-state index in [1.54, 1.807) is 29.9 Å². The van der Waals surface area contributed by atoms with Crippen LogP contribution in [-0.2, 0) is 7.05 Å². The number of nitrogens with zero attached hydrogens (tertiary/aromatic N) is 2. The number of benzene rings is 1. The number of rotatable bonds is 3. The second kappa shape index (κ2) is 5.81. The second-order valence-corrected chi connectivity index (χ2v) is 4.95. The van der Waals surface area contributed by atoms with Gasteiger partial charge in [0.1, 0.15) is 11.8 Å². The highest BCUT2D eigenvalue weighted by atomic mass is 35.5. The number of hydrogen-bond donors (Lipinski definition) is 1. The summed E-state index contributed by atoms with van der Waals surface area (Å²) in [5, 5.41) is 11.8. The fraction of sp³-hybridized carbons (Fsp3) is 0.133. The van der Waals surface area contributed by atoms with Gasteiger partial charge in [0.15, 0.2) is 5.78 Å². The third kappa shape index (κ3) is 3.12. The fourth-order valence-electron chi connectivity index (χ4n) is 1.88. The van der Waals surface area contributed by atoms with Crippen LogP contribution < -0.4 is 5.32 Å². The maximum absolute atomic E-state index is 12.2. The first kappa shape index (κ1) is 14.8. The Labute approximate surface area is 126 Å². The molecule has 0 aliphatic rings. The number of anilines is 1. The van der Waals surface area contributed by atoms with E-state index in [4.69, 9.17) is 16.9 Å². The van der Waals surface area contributed by atoms with Crippen LogP contribution in [0, 0.1) is 11.3 Å². The predicted molar refractivity (Wildman–Crippen MR) is 79.5 cm³/mol. The van der Waals surface area contributed by atoms with Crippen LogP contribution in [0.2, 0.25) is 5.02 Å². The zero-order valence-electron chi connectivity index (χ0n) is 11.5. The Morgan fingerprint density at radius 3 is 2.62 bits per heavy atom. The summed E-state index contributed by atoms with van der Waals surface area (Å²) in [5.41, 5.74) is 1.54. The van der Waals surface area contributed by atoms with Gasteiger partial charge in [-0.1, -0.05) is 11.6 Å². The minimum atomic E-state index is -0.401. The van der Waals surface area contributed by atoms with Crippen LogP contribution in [0.15, 0.2) is 30.5 Å². The van der Waals surface area contributed by atoms with Crippen molar-refractivity contribution in [1.82, 2.24) is 4.57 Å². The summed E-state index contributed by atoms with van der Waals surface area (Å²) >= 11 is 6.02. The number of Topliss-reactive ketones (excluding diaryl/α,β-unsaturated/α-hetero) is 1. The summed E-state index contributed by atoms with van der Waals surface area (Å²) in [6.45, 7) is 1.44. The molecule has 1 N–H and O–H groups in total. The lowest BCUT2D eigenvalue weighted by Gasteiger charge is -2.09. The average molecular weight is 302 g/mol. The normalized spacial score (nSPS) is 10.0. The highest BCUT2D eigenvalue weighted by molar-refractivity contribution is 6.34. The van der Waals surface area contributed by atoms with Gasteiger partial charge in [-0.25, -0.2) is 0 Å². The monoisotopic (exact) mass is 301 g/mol. The van der Waals surface area contributed by atoms with Gasteiger partial charge >= 0.3 is 0 Å². The summed E-state index contributed by atoms with van der Waals surface area (Å²) in [5.74, 6) is -0.519. The summed E-state index contributed by atoms with van der Waals surface area (Å²) in [6.07, 6.45) is 1.56. The number of ketones is 1. The van der Waals surface area contributed by atoms with Crippen molar-refractivity contribution in [3.63, 3.8) is 0 Å². The highest BCUT2D eigenvalue weighted by Gasteiger charge is 2.14. The molecule has 5 nitrogen and oxygen atoms in total. The second-order valence-electron chi connectivity index (χ2n) is 4.54. The Hall–Kier alpha value is -2.58. The SMILES string of the molecule is CC(=O)c1ccc(Cl)c(NC(=O)c2cc(C#N)cn2C)c1. The molecule has 0 spiro atoms. The molecular formula is C15H12ClN3O2. The Kier molecular flexibility index (Phi) is 4.10. The van der Waals surface area contributed by atoms with Crippen molar-refractivity contribution in [2.45, 2.75) is 6.92 Å². The first-order valence-electron chi connectivity index (χ1n) is 6.10. The molecule has 0 unspecified atom stereocenters. The smallest absolute Gasteiger partial charge is 0.272 e. The molecule has 1 amide bonds. The minimum Gasteiger partial charge on any atom is -0.345 e.